The van der Waals surface area contributed by atoms with E-state index in [1.54, 1.807) is 0 Å². The molecule has 0 saturated heterocycles. The van der Waals surface area contributed by atoms with Crippen molar-refractivity contribution in [1.82, 2.24) is 0 Å². The second-order valence-electron chi connectivity index (χ2n) is 2.98. The van der Waals surface area contributed by atoms with Gasteiger partial charge in [-0.2, -0.15) is 0 Å². The number of amides is 1. The Morgan fingerprint density at radius 1 is 1.89 bits per heavy atom. The molecular weight excluding hydrogens is 114 g/mol. The summed E-state index contributed by atoms with van der Waals surface area (Å²) in [5.74, 6) is 0.414. The van der Waals surface area contributed by atoms with Gasteiger partial charge < -0.3 is 5.73 Å². The topological polar surface area (TPSA) is 43.1 Å². The minimum atomic E-state index is -0.113. The van der Waals surface area contributed by atoms with Crippen LogP contribution in [-0.4, -0.2) is 5.91 Å². The molecule has 2 atom stereocenters. The molecule has 0 aromatic carbocycles. The lowest BCUT2D eigenvalue weighted by Crippen LogP contribution is -2.25. The van der Waals surface area contributed by atoms with Crippen molar-refractivity contribution in [2.75, 3.05) is 0 Å². The Morgan fingerprint density at radius 2 is 2.33 bits per heavy atom. The minimum absolute atomic E-state index is 0.111. The molecule has 2 nitrogen and oxygen atoms in total. The molecule has 52 valence electrons. The fraction of sp³-hybridized carbons (Fsp3) is 0.857. The second kappa shape index (κ2) is 1.72. The van der Waals surface area contributed by atoms with Crippen LogP contribution in [0.3, 0.4) is 0 Å². The Kier molecular flexibility index (Phi) is 1.26. The van der Waals surface area contributed by atoms with Crippen LogP contribution in [-0.2, 0) is 4.79 Å². The van der Waals surface area contributed by atoms with E-state index in [-0.39, 0.29) is 11.3 Å². The highest BCUT2D eigenvalue weighted by Gasteiger charge is 2.54. The van der Waals surface area contributed by atoms with E-state index in [0.717, 1.165) is 12.8 Å². The molecule has 1 fully saturated rings. The Balaban J connectivity index is 2.62. The molecule has 9 heavy (non-hydrogen) atoms. The number of primary amides is 1. The summed E-state index contributed by atoms with van der Waals surface area (Å²) in [6.07, 6.45) is 1.91. The van der Waals surface area contributed by atoms with E-state index in [1.165, 1.54) is 0 Å². The maximum Gasteiger partial charge on any atom is 0.223 e. The summed E-state index contributed by atoms with van der Waals surface area (Å²) >= 11 is 0. The first kappa shape index (κ1) is 6.59. The van der Waals surface area contributed by atoms with Crippen LogP contribution < -0.4 is 5.73 Å². The van der Waals surface area contributed by atoms with Crippen molar-refractivity contribution in [3.05, 3.63) is 0 Å². The van der Waals surface area contributed by atoms with Crippen LogP contribution in [0.4, 0.5) is 0 Å². The van der Waals surface area contributed by atoms with E-state index in [2.05, 4.69) is 6.92 Å². The van der Waals surface area contributed by atoms with Gasteiger partial charge in [0, 0.05) is 0 Å². The average molecular weight is 127 g/mol. The summed E-state index contributed by atoms with van der Waals surface area (Å²) in [5.41, 5.74) is 5.08. The van der Waals surface area contributed by atoms with Gasteiger partial charge in [-0.3, -0.25) is 4.79 Å². The molecule has 2 unspecified atom stereocenters. The molecule has 2 N–H and O–H groups in total. The van der Waals surface area contributed by atoms with Crippen LogP contribution in [0.25, 0.3) is 0 Å². The first-order valence-corrected chi connectivity index (χ1v) is 3.43. The summed E-state index contributed by atoms with van der Waals surface area (Å²) in [5, 5.41) is 0. The van der Waals surface area contributed by atoms with Crippen molar-refractivity contribution in [1.29, 1.82) is 0 Å². The highest BCUT2D eigenvalue weighted by atomic mass is 16.1. The van der Waals surface area contributed by atoms with E-state index in [0.29, 0.717) is 5.92 Å². The van der Waals surface area contributed by atoms with Crippen molar-refractivity contribution < 1.29 is 4.79 Å². The Labute approximate surface area is 55.4 Å². The van der Waals surface area contributed by atoms with Crippen molar-refractivity contribution in [2.45, 2.75) is 26.7 Å². The lowest BCUT2D eigenvalue weighted by molar-refractivity contribution is -0.123. The molecule has 0 aromatic heterocycles. The van der Waals surface area contributed by atoms with Gasteiger partial charge in [-0.1, -0.05) is 13.8 Å². The Hall–Kier alpha value is -0.530. The molecule has 0 aromatic rings. The van der Waals surface area contributed by atoms with Gasteiger partial charge in [-0.25, -0.2) is 0 Å². The largest absolute Gasteiger partial charge is 0.369 e. The molecule has 0 heterocycles. The summed E-state index contributed by atoms with van der Waals surface area (Å²) in [6, 6.07) is 0. The normalized spacial score (nSPS) is 40.4. The fourth-order valence-electron chi connectivity index (χ4n) is 1.50. The lowest BCUT2D eigenvalue weighted by Gasteiger charge is -2.06. The number of carbonyl (C=O) groups excluding carboxylic acids is 1. The summed E-state index contributed by atoms with van der Waals surface area (Å²) in [4.78, 5) is 10.7. The van der Waals surface area contributed by atoms with Gasteiger partial charge in [0.2, 0.25) is 5.91 Å². The van der Waals surface area contributed by atoms with E-state index in [9.17, 15) is 4.79 Å². The SMILES string of the molecule is CCC1(C(N)=O)CC1C. The van der Waals surface area contributed by atoms with Gasteiger partial charge in [-0.05, 0) is 18.8 Å². The molecule has 1 rings (SSSR count). The van der Waals surface area contributed by atoms with E-state index in [4.69, 9.17) is 5.73 Å². The molecule has 1 aliphatic rings. The zero-order valence-corrected chi connectivity index (χ0v) is 5.98. The van der Waals surface area contributed by atoms with Gasteiger partial charge in [0.05, 0.1) is 5.41 Å². The van der Waals surface area contributed by atoms with Gasteiger partial charge in [-0.15, -0.1) is 0 Å². The van der Waals surface area contributed by atoms with Gasteiger partial charge in [0.25, 0.3) is 0 Å². The third-order valence-electron chi connectivity index (χ3n) is 2.58. The molecule has 2 heteroatoms. The first-order valence-electron chi connectivity index (χ1n) is 3.43. The predicted octanol–water partition coefficient (Wildman–Crippen LogP) is 0.908. The van der Waals surface area contributed by atoms with E-state index < -0.39 is 0 Å². The number of carbonyl (C=O) groups is 1. The second-order valence-corrected chi connectivity index (χ2v) is 2.98. The predicted molar refractivity (Wildman–Crippen MR) is 35.7 cm³/mol. The molecule has 0 aliphatic heterocycles. The lowest BCUT2D eigenvalue weighted by atomic mass is 10.0. The maximum absolute atomic E-state index is 10.7. The zero-order chi connectivity index (χ0) is 7.07. The summed E-state index contributed by atoms with van der Waals surface area (Å²) < 4.78 is 0. The van der Waals surface area contributed by atoms with Gasteiger partial charge in [0.15, 0.2) is 0 Å². The average Bonchev–Trinajstić information content (AvgIpc) is 2.43. The fourth-order valence-corrected chi connectivity index (χ4v) is 1.50. The summed E-state index contributed by atoms with van der Waals surface area (Å²) in [6.45, 7) is 4.10. The third-order valence-corrected chi connectivity index (χ3v) is 2.58. The van der Waals surface area contributed by atoms with Crippen LogP contribution in [0, 0.1) is 11.3 Å². The van der Waals surface area contributed by atoms with Crippen molar-refractivity contribution in [3.63, 3.8) is 0 Å². The standard InChI is InChI=1S/C7H13NO/c1-3-7(6(8)9)4-5(7)2/h5H,3-4H2,1-2H3,(H2,8,9). The quantitative estimate of drug-likeness (QED) is 0.588. The molecular formula is C7H13NO. The number of nitrogens with two attached hydrogens (primary N) is 1. The van der Waals surface area contributed by atoms with Crippen molar-refractivity contribution in [3.8, 4) is 0 Å². The zero-order valence-electron chi connectivity index (χ0n) is 5.98. The van der Waals surface area contributed by atoms with Crippen LogP contribution in [0.2, 0.25) is 0 Å². The molecule has 1 amide bonds. The Morgan fingerprint density at radius 3 is 2.33 bits per heavy atom. The number of hydrogen-bond donors (Lipinski definition) is 1. The number of hydrogen-bond acceptors (Lipinski definition) is 1. The van der Waals surface area contributed by atoms with E-state index >= 15 is 0 Å². The number of rotatable bonds is 2. The highest BCUT2D eigenvalue weighted by molar-refractivity contribution is 5.84. The molecule has 1 aliphatic carbocycles. The van der Waals surface area contributed by atoms with Crippen molar-refractivity contribution >= 4 is 5.91 Å². The molecule has 0 bridgehead atoms. The smallest absolute Gasteiger partial charge is 0.223 e. The van der Waals surface area contributed by atoms with E-state index in [1.807, 2.05) is 6.92 Å². The van der Waals surface area contributed by atoms with Crippen LogP contribution in [0.5, 0.6) is 0 Å². The molecule has 0 spiro atoms. The molecule has 0 radical (unpaired) electrons. The Bertz CT molecular complexity index is 140. The third kappa shape index (κ3) is 0.732. The van der Waals surface area contributed by atoms with Crippen LogP contribution in [0.15, 0.2) is 0 Å². The van der Waals surface area contributed by atoms with Gasteiger partial charge in [0.1, 0.15) is 0 Å². The van der Waals surface area contributed by atoms with Crippen molar-refractivity contribution in [2.24, 2.45) is 17.1 Å². The van der Waals surface area contributed by atoms with Crippen LogP contribution >= 0.6 is 0 Å². The molecule has 1 saturated carbocycles. The van der Waals surface area contributed by atoms with Gasteiger partial charge >= 0.3 is 0 Å². The highest BCUT2D eigenvalue weighted by Crippen LogP contribution is 2.54. The minimum Gasteiger partial charge on any atom is -0.369 e. The first-order chi connectivity index (χ1) is 4.13. The maximum atomic E-state index is 10.7. The monoisotopic (exact) mass is 127 g/mol. The van der Waals surface area contributed by atoms with Crippen LogP contribution in [0.1, 0.15) is 26.7 Å². The summed E-state index contributed by atoms with van der Waals surface area (Å²) in [7, 11) is 0.